The smallest absolute Gasteiger partial charge is 0.244 e. The van der Waals surface area contributed by atoms with Crippen molar-refractivity contribution in [2.45, 2.75) is 77.4 Å². The molecule has 0 aromatic rings. The molecular weight excluding hydrogens is 314 g/mol. The van der Waals surface area contributed by atoms with Gasteiger partial charge in [0.1, 0.15) is 0 Å². The highest BCUT2D eigenvalue weighted by atomic mass is 16.3. The van der Waals surface area contributed by atoms with Crippen molar-refractivity contribution in [3.8, 4) is 0 Å². The molecule has 0 aromatic heterocycles. The minimum absolute atomic E-state index is 0.0410. The first-order valence-corrected chi connectivity index (χ1v) is 9.68. The summed E-state index contributed by atoms with van der Waals surface area (Å²) in [6, 6.07) is -0.291. The van der Waals surface area contributed by atoms with Crippen molar-refractivity contribution in [2.24, 2.45) is 22.8 Å². The van der Waals surface area contributed by atoms with E-state index in [1.54, 1.807) is 0 Å². The van der Waals surface area contributed by atoms with Crippen LogP contribution in [0.2, 0.25) is 0 Å². The predicted octanol–water partition coefficient (Wildman–Crippen LogP) is 2.42. The first-order chi connectivity index (χ1) is 11.6. The van der Waals surface area contributed by atoms with Gasteiger partial charge in [0.05, 0.1) is 6.10 Å². The SMILES string of the molecule is CN(C)CC(C)(C)C/C=C(/CC(O)C(N)CC1CCCCC1)C(N)=O. The fraction of sp³-hybridized carbons (Fsp3) is 0.850. The van der Waals surface area contributed by atoms with E-state index >= 15 is 0 Å². The zero-order valence-corrected chi connectivity index (χ0v) is 16.6. The van der Waals surface area contributed by atoms with Crippen LogP contribution in [0.5, 0.6) is 0 Å². The van der Waals surface area contributed by atoms with Crippen LogP contribution in [0.25, 0.3) is 0 Å². The zero-order chi connectivity index (χ0) is 19.0. The van der Waals surface area contributed by atoms with E-state index in [0.29, 0.717) is 11.5 Å². The maximum atomic E-state index is 11.8. The first-order valence-electron chi connectivity index (χ1n) is 9.68. The molecule has 25 heavy (non-hydrogen) atoms. The molecule has 1 amide bonds. The van der Waals surface area contributed by atoms with Crippen molar-refractivity contribution in [1.82, 2.24) is 4.90 Å². The van der Waals surface area contributed by atoms with Gasteiger partial charge in [0.2, 0.25) is 5.91 Å². The number of carbonyl (C=O) groups is 1. The summed E-state index contributed by atoms with van der Waals surface area (Å²) >= 11 is 0. The molecule has 0 bridgehead atoms. The largest absolute Gasteiger partial charge is 0.391 e. The zero-order valence-electron chi connectivity index (χ0n) is 16.6. The second-order valence-corrected chi connectivity index (χ2v) is 8.87. The van der Waals surface area contributed by atoms with E-state index in [-0.39, 0.29) is 17.9 Å². The molecule has 0 heterocycles. The normalized spacial score (nSPS) is 19.9. The van der Waals surface area contributed by atoms with Gasteiger partial charge in [-0.05, 0) is 38.3 Å². The Morgan fingerprint density at radius 2 is 1.88 bits per heavy atom. The molecule has 1 aliphatic rings. The average molecular weight is 354 g/mol. The molecular formula is C20H39N3O2. The third kappa shape index (κ3) is 8.84. The van der Waals surface area contributed by atoms with E-state index in [1.165, 1.54) is 32.1 Å². The van der Waals surface area contributed by atoms with Crippen molar-refractivity contribution in [1.29, 1.82) is 0 Å². The van der Waals surface area contributed by atoms with Crippen molar-refractivity contribution < 1.29 is 9.90 Å². The lowest BCUT2D eigenvalue weighted by Gasteiger charge is -2.28. The van der Waals surface area contributed by atoms with Gasteiger partial charge in [0.25, 0.3) is 0 Å². The van der Waals surface area contributed by atoms with Crippen LogP contribution in [-0.2, 0) is 4.79 Å². The van der Waals surface area contributed by atoms with E-state index < -0.39 is 12.0 Å². The second-order valence-electron chi connectivity index (χ2n) is 8.87. The lowest BCUT2D eigenvalue weighted by molar-refractivity contribution is -0.115. The summed E-state index contributed by atoms with van der Waals surface area (Å²) in [4.78, 5) is 13.9. The van der Waals surface area contributed by atoms with Crippen LogP contribution in [0.3, 0.4) is 0 Å². The van der Waals surface area contributed by atoms with E-state index in [2.05, 4.69) is 18.7 Å². The van der Waals surface area contributed by atoms with Crippen LogP contribution >= 0.6 is 0 Å². The van der Waals surface area contributed by atoms with Gasteiger partial charge in [0.15, 0.2) is 0 Å². The molecule has 0 saturated heterocycles. The Morgan fingerprint density at radius 3 is 2.40 bits per heavy atom. The summed E-state index contributed by atoms with van der Waals surface area (Å²) in [5, 5.41) is 10.5. The molecule has 2 unspecified atom stereocenters. The molecule has 5 nitrogen and oxygen atoms in total. The molecule has 5 heteroatoms. The highest BCUT2D eigenvalue weighted by Crippen LogP contribution is 2.28. The summed E-state index contributed by atoms with van der Waals surface area (Å²) in [5.41, 5.74) is 12.3. The number of amides is 1. The van der Waals surface area contributed by atoms with Crippen molar-refractivity contribution in [2.75, 3.05) is 20.6 Å². The summed E-state index contributed by atoms with van der Waals surface area (Å²) in [5.74, 6) is 0.156. The second kappa shape index (κ2) is 10.3. The number of allylic oxidation sites excluding steroid dienone is 1. The number of aliphatic hydroxyl groups excluding tert-OH is 1. The Bertz CT molecular complexity index is 440. The molecule has 0 aromatic carbocycles. The maximum Gasteiger partial charge on any atom is 0.244 e. The number of nitrogens with zero attached hydrogens (tertiary/aromatic N) is 1. The summed E-state index contributed by atoms with van der Waals surface area (Å²) in [6.45, 7) is 5.24. The molecule has 0 spiro atoms. The van der Waals surface area contributed by atoms with Crippen molar-refractivity contribution in [3.63, 3.8) is 0 Å². The maximum absolute atomic E-state index is 11.8. The van der Waals surface area contributed by atoms with Gasteiger partial charge in [-0.1, -0.05) is 52.0 Å². The molecule has 0 aliphatic heterocycles. The van der Waals surface area contributed by atoms with Gasteiger partial charge in [-0.3, -0.25) is 4.79 Å². The Hall–Kier alpha value is -0.910. The van der Waals surface area contributed by atoms with Crippen molar-refractivity contribution >= 4 is 5.91 Å². The highest BCUT2D eigenvalue weighted by Gasteiger charge is 2.24. The van der Waals surface area contributed by atoms with Crippen molar-refractivity contribution in [3.05, 3.63) is 11.6 Å². The topological polar surface area (TPSA) is 92.6 Å². The van der Waals surface area contributed by atoms with E-state index in [9.17, 15) is 9.90 Å². The molecule has 146 valence electrons. The quantitative estimate of drug-likeness (QED) is 0.526. The third-order valence-corrected chi connectivity index (χ3v) is 5.22. The number of carbonyl (C=O) groups excluding carboxylic acids is 1. The lowest BCUT2D eigenvalue weighted by Crippen LogP contribution is -2.38. The van der Waals surface area contributed by atoms with E-state index in [1.807, 2.05) is 20.2 Å². The van der Waals surface area contributed by atoms with E-state index in [0.717, 1.165) is 19.4 Å². The molecule has 1 aliphatic carbocycles. The van der Waals surface area contributed by atoms with Crippen LogP contribution in [0.1, 0.15) is 65.2 Å². The van der Waals surface area contributed by atoms with Gasteiger partial charge in [-0.25, -0.2) is 0 Å². The summed E-state index contributed by atoms with van der Waals surface area (Å²) in [7, 11) is 4.07. The third-order valence-electron chi connectivity index (χ3n) is 5.22. The van der Waals surface area contributed by atoms with Gasteiger partial charge in [-0.15, -0.1) is 0 Å². The van der Waals surface area contributed by atoms with Crippen LogP contribution in [0.4, 0.5) is 0 Å². The van der Waals surface area contributed by atoms with Gasteiger partial charge in [-0.2, -0.15) is 0 Å². The molecule has 1 rings (SSSR count). The fourth-order valence-electron chi connectivity index (χ4n) is 3.95. The summed E-state index contributed by atoms with van der Waals surface area (Å²) < 4.78 is 0. The number of rotatable bonds is 10. The number of hydrogen-bond donors (Lipinski definition) is 3. The molecule has 5 N–H and O–H groups in total. The highest BCUT2D eigenvalue weighted by molar-refractivity contribution is 5.91. The Morgan fingerprint density at radius 1 is 1.28 bits per heavy atom. The summed E-state index contributed by atoms with van der Waals surface area (Å²) in [6.07, 6.45) is 9.26. The number of hydrogen-bond acceptors (Lipinski definition) is 4. The minimum Gasteiger partial charge on any atom is -0.391 e. The molecule has 1 saturated carbocycles. The number of nitrogens with two attached hydrogens (primary N) is 2. The van der Waals surface area contributed by atoms with Crippen LogP contribution < -0.4 is 11.5 Å². The Labute approximate surface area is 153 Å². The van der Waals surface area contributed by atoms with Gasteiger partial charge < -0.3 is 21.5 Å². The average Bonchev–Trinajstić information content (AvgIpc) is 2.50. The lowest BCUT2D eigenvalue weighted by atomic mass is 9.83. The Balaban J connectivity index is 2.60. The van der Waals surface area contributed by atoms with Crippen LogP contribution in [0, 0.1) is 11.3 Å². The molecule has 2 atom stereocenters. The predicted molar refractivity (Wildman–Crippen MR) is 104 cm³/mol. The molecule has 1 fully saturated rings. The molecule has 0 radical (unpaired) electrons. The first kappa shape index (κ1) is 22.1. The fourth-order valence-corrected chi connectivity index (χ4v) is 3.95. The number of aliphatic hydroxyl groups is 1. The Kier molecular flexibility index (Phi) is 9.11. The van der Waals surface area contributed by atoms with E-state index in [4.69, 9.17) is 11.5 Å². The van der Waals surface area contributed by atoms with Crippen LogP contribution in [0.15, 0.2) is 11.6 Å². The standard InChI is InChI=1S/C20H39N3O2/c1-20(2,14-23(3)4)11-10-16(19(22)25)13-18(24)17(21)12-15-8-6-5-7-9-15/h10,15,17-18,24H,5-9,11-14,21H2,1-4H3,(H2,22,25)/b16-10-. The van der Waals surface area contributed by atoms with Gasteiger partial charge >= 0.3 is 0 Å². The monoisotopic (exact) mass is 353 g/mol. The minimum atomic E-state index is -0.711. The number of primary amides is 1. The van der Waals surface area contributed by atoms with Crippen LogP contribution in [-0.4, -0.2) is 48.7 Å². The van der Waals surface area contributed by atoms with Gasteiger partial charge in [0, 0.05) is 24.6 Å².